The van der Waals surface area contributed by atoms with Crippen LogP contribution in [0, 0.1) is 0 Å². The molecule has 0 saturated heterocycles. The van der Waals surface area contributed by atoms with Crippen LogP contribution in [0.3, 0.4) is 0 Å². The third kappa shape index (κ3) is 2.59. The van der Waals surface area contributed by atoms with E-state index < -0.39 is 0 Å². The van der Waals surface area contributed by atoms with Crippen molar-refractivity contribution in [3.05, 3.63) is 35.9 Å². The topological polar surface area (TPSA) is 29.1 Å². The zero-order chi connectivity index (χ0) is 11.4. The van der Waals surface area contributed by atoms with E-state index in [4.69, 9.17) is 0 Å². The second-order valence-electron chi connectivity index (χ2n) is 4.36. The molecule has 1 saturated carbocycles. The summed E-state index contributed by atoms with van der Waals surface area (Å²) in [6, 6.07) is 10.5. The Morgan fingerprint density at radius 1 is 1.38 bits per heavy atom. The lowest BCUT2D eigenvalue weighted by atomic mass is 9.96. The number of hydrogen-bond acceptors (Lipinski definition) is 2. The Morgan fingerprint density at radius 2 is 2.06 bits per heavy atom. The first-order valence-corrected chi connectivity index (χ1v) is 6.97. The van der Waals surface area contributed by atoms with Crippen molar-refractivity contribution in [1.29, 1.82) is 0 Å². The summed E-state index contributed by atoms with van der Waals surface area (Å²) in [6.45, 7) is 0.788. The maximum Gasteiger partial charge on any atom is 0.230 e. The van der Waals surface area contributed by atoms with Gasteiger partial charge in [-0.2, -0.15) is 11.8 Å². The van der Waals surface area contributed by atoms with Gasteiger partial charge in [-0.3, -0.25) is 4.79 Å². The fraction of sp³-hybridized carbons (Fsp3) is 0.462. The molecule has 0 atom stereocenters. The lowest BCUT2D eigenvalue weighted by Crippen LogP contribution is -2.33. The normalized spacial score (nSPS) is 16.8. The second kappa shape index (κ2) is 4.91. The van der Waals surface area contributed by atoms with Gasteiger partial charge >= 0.3 is 0 Å². The highest BCUT2D eigenvalue weighted by molar-refractivity contribution is 7.99. The number of carbonyl (C=O) groups excluding carboxylic acids is 1. The monoisotopic (exact) mass is 235 g/mol. The Morgan fingerprint density at radius 3 is 2.62 bits per heavy atom. The van der Waals surface area contributed by atoms with Gasteiger partial charge in [-0.05, 0) is 24.7 Å². The van der Waals surface area contributed by atoms with Crippen LogP contribution in [0.4, 0.5) is 0 Å². The first kappa shape index (κ1) is 11.5. The van der Waals surface area contributed by atoms with Gasteiger partial charge in [0.05, 0.1) is 5.75 Å². The molecule has 1 aliphatic carbocycles. The SMILES string of the molecule is CSCC(=O)NCC1(c2ccccc2)CC1. The second-order valence-corrected chi connectivity index (χ2v) is 5.22. The Balaban J connectivity index is 1.92. The van der Waals surface area contributed by atoms with E-state index >= 15 is 0 Å². The van der Waals surface area contributed by atoms with Crippen LogP contribution in [-0.2, 0) is 10.2 Å². The lowest BCUT2D eigenvalue weighted by Gasteiger charge is -2.16. The Hall–Kier alpha value is -0.960. The van der Waals surface area contributed by atoms with Crippen molar-refractivity contribution in [2.45, 2.75) is 18.3 Å². The summed E-state index contributed by atoms with van der Waals surface area (Å²) in [5, 5.41) is 3.03. The van der Waals surface area contributed by atoms with E-state index in [9.17, 15) is 4.79 Å². The molecule has 0 aliphatic heterocycles. The van der Waals surface area contributed by atoms with E-state index in [1.165, 1.54) is 18.4 Å². The standard InChI is InChI=1S/C13H17NOS/c1-16-9-12(15)14-10-13(7-8-13)11-5-3-2-4-6-11/h2-6H,7-10H2,1H3,(H,14,15). The van der Waals surface area contributed by atoms with Crippen molar-refractivity contribution in [3.63, 3.8) is 0 Å². The van der Waals surface area contributed by atoms with E-state index in [0.717, 1.165) is 6.54 Å². The summed E-state index contributed by atoms with van der Waals surface area (Å²) in [6.07, 6.45) is 4.33. The molecule has 0 bridgehead atoms. The molecule has 1 amide bonds. The minimum Gasteiger partial charge on any atom is -0.354 e. The summed E-state index contributed by atoms with van der Waals surface area (Å²) in [4.78, 5) is 11.4. The fourth-order valence-corrected chi connectivity index (χ4v) is 2.32. The average Bonchev–Trinajstić information content (AvgIpc) is 3.09. The number of rotatable bonds is 5. The van der Waals surface area contributed by atoms with Gasteiger partial charge in [0.2, 0.25) is 5.91 Å². The van der Waals surface area contributed by atoms with Crippen molar-refractivity contribution < 1.29 is 4.79 Å². The van der Waals surface area contributed by atoms with Crippen molar-refractivity contribution in [1.82, 2.24) is 5.32 Å². The van der Waals surface area contributed by atoms with Crippen LogP contribution in [0.5, 0.6) is 0 Å². The maximum atomic E-state index is 11.4. The zero-order valence-electron chi connectivity index (χ0n) is 9.53. The Labute approximate surface area is 101 Å². The molecule has 1 aromatic carbocycles. The Kier molecular flexibility index (Phi) is 3.54. The van der Waals surface area contributed by atoms with Gasteiger partial charge in [0.1, 0.15) is 0 Å². The van der Waals surface area contributed by atoms with Crippen LogP contribution >= 0.6 is 11.8 Å². The molecule has 0 radical (unpaired) electrons. The molecule has 1 aliphatic rings. The minimum atomic E-state index is 0.148. The highest BCUT2D eigenvalue weighted by Gasteiger charge is 2.44. The average molecular weight is 235 g/mol. The van der Waals surface area contributed by atoms with E-state index in [-0.39, 0.29) is 11.3 Å². The third-order valence-corrected chi connectivity index (χ3v) is 3.69. The molecular weight excluding hydrogens is 218 g/mol. The Bertz CT molecular complexity index is 359. The van der Waals surface area contributed by atoms with Crippen molar-refractivity contribution >= 4 is 17.7 Å². The molecule has 1 fully saturated rings. The molecule has 3 heteroatoms. The number of thioether (sulfide) groups is 1. The number of nitrogens with one attached hydrogen (secondary N) is 1. The van der Waals surface area contributed by atoms with Crippen LogP contribution in [-0.4, -0.2) is 24.5 Å². The maximum absolute atomic E-state index is 11.4. The number of benzene rings is 1. The molecule has 0 unspecified atom stereocenters. The van der Waals surface area contributed by atoms with Crippen molar-refractivity contribution in [2.24, 2.45) is 0 Å². The highest BCUT2D eigenvalue weighted by Crippen LogP contribution is 2.47. The van der Waals surface area contributed by atoms with E-state index in [1.54, 1.807) is 11.8 Å². The molecule has 0 heterocycles. The predicted molar refractivity (Wildman–Crippen MR) is 68.7 cm³/mol. The van der Waals surface area contributed by atoms with Gasteiger partial charge in [0.15, 0.2) is 0 Å². The van der Waals surface area contributed by atoms with Gasteiger partial charge in [-0.1, -0.05) is 30.3 Å². The molecule has 0 spiro atoms. The van der Waals surface area contributed by atoms with Gasteiger partial charge < -0.3 is 5.32 Å². The van der Waals surface area contributed by atoms with Gasteiger partial charge in [0.25, 0.3) is 0 Å². The summed E-state index contributed by atoms with van der Waals surface area (Å²) in [5.74, 6) is 0.708. The van der Waals surface area contributed by atoms with Crippen LogP contribution < -0.4 is 5.32 Å². The molecular formula is C13H17NOS. The van der Waals surface area contributed by atoms with Crippen molar-refractivity contribution in [2.75, 3.05) is 18.6 Å². The van der Waals surface area contributed by atoms with Gasteiger partial charge in [-0.25, -0.2) is 0 Å². The molecule has 16 heavy (non-hydrogen) atoms. The van der Waals surface area contributed by atoms with Gasteiger partial charge in [-0.15, -0.1) is 0 Å². The quantitative estimate of drug-likeness (QED) is 0.847. The zero-order valence-corrected chi connectivity index (χ0v) is 10.3. The molecule has 2 nitrogen and oxygen atoms in total. The highest BCUT2D eigenvalue weighted by atomic mass is 32.2. The number of hydrogen-bond donors (Lipinski definition) is 1. The molecule has 2 rings (SSSR count). The van der Waals surface area contributed by atoms with Crippen LogP contribution in [0.2, 0.25) is 0 Å². The molecule has 86 valence electrons. The molecule has 0 aromatic heterocycles. The largest absolute Gasteiger partial charge is 0.354 e. The number of amides is 1. The molecule has 1 N–H and O–H groups in total. The number of carbonyl (C=O) groups is 1. The predicted octanol–water partition coefficient (Wildman–Crippen LogP) is 2.20. The lowest BCUT2D eigenvalue weighted by molar-refractivity contribution is -0.118. The first-order chi connectivity index (χ1) is 7.77. The van der Waals surface area contributed by atoms with Crippen molar-refractivity contribution in [3.8, 4) is 0 Å². The molecule has 1 aromatic rings. The van der Waals surface area contributed by atoms with Crippen LogP contribution in [0.25, 0.3) is 0 Å². The summed E-state index contributed by atoms with van der Waals surface area (Å²) < 4.78 is 0. The smallest absolute Gasteiger partial charge is 0.230 e. The fourth-order valence-electron chi connectivity index (χ4n) is 1.96. The summed E-state index contributed by atoms with van der Waals surface area (Å²) in [5.41, 5.74) is 1.59. The van der Waals surface area contributed by atoms with E-state index in [2.05, 4.69) is 29.6 Å². The third-order valence-electron chi connectivity index (χ3n) is 3.14. The minimum absolute atomic E-state index is 0.148. The van der Waals surface area contributed by atoms with E-state index in [1.807, 2.05) is 12.3 Å². The van der Waals surface area contributed by atoms with Crippen LogP contribution in [0.15, 0.2) is 30.3 Å². The summed E-state index contributed by atoms with van der Waals surface area (Å²) >= 11 is 1.56. The summed E-state index contributed by atoms with van der Waals surface area (Å²) in [7, 11) is 0. The van der Waals surface area contributed by atoms with E-state index in [0.29, 0.717) is 5.75 Å². The van der Waals surface area contributed by atoms with Crippen LogP contribution in [0.1, 0.15) is 18.4 Å². The van der Waals surface area contributed by atoms with Gasteiger partial charge in [0, 0.05) is 12.0 Å². The first-order valence-electron chi connectivity index (χ1n) is 5.58.